The summed E-state index contributed by atoms with van der Waals surface area (Å²) in [5.74, 6) is -1.11. The van der Waals surface area contributed by atoms with E-state index in [-0.39, 0.29) is 52.2 Å². The Morgan fingerprint density at radius 3 is 1.11 bits per heavy atom. The first-order chi connectivity index (χ1) is 55.8. The molecule has 0 aliphatic heterocycles. The van der Waals surface area contributed by atoms with Crippen molar-refractivity contribution in [2.75, 3.05) is 28.4 Å². The molecule has 0 saturated heterocycles. The normalized spacial score (nSPS) is 11.6. The van der Waals surface area contributed by atoms with Crippen molar-refractivity contribution < 1.29 is 96.3 Å². The number of hydrogen-bond acceptors (Lipinski definition) is 25. The van der Waals surface area contributed by atoms with E-state index in [4.69, 9.17) is 57.9 Å². The number of methoxy groups -OCH3 is 4. The van der Waals surface area contributed by atoms with Gasteiger partial charge in [-0.05, 0) is 195 Å². The highest BCUT2D eigenvalue weighted by molar-refractivity contribution is 9.11. The van der Waals surface area contributed by atoms with Crippen molar-refractivity contribution >= 4 is 163 Å². The highest BCUT2D eigenvalue weighted by atomic mass is 79.9. The predicted octanol–water partition coefficient (Wildman–Crippen LogP) is 16.7. The largest absolute Gasteiger partial charge is 0.497 e. The van der Waals surface area contributed by atoms with Gasteiger partial charge in [-0.1, -0.05) is 95.3 Å². The maximum Gasteiger partial charge on any atom is 0.355 e. The average molecular weight is 1920 g/mol. The molecule has 0 saturated carbocycles. The Morgan fingerprint density at radius 2 is 0.703 bits per heavy atom. The second-order valence-electron chi connectivity index (χ2n) is 24.5. The van der Waals surface area contributed by atoms with Crippen LogP contribution in [0.4, 0.5) is 13.2 Å². The fourth-order valence-electron chi connectivity index (χ4n) is 11.1. The van der Waals surface area contributed by atoms with Gasteiger partial charge in [0, 0.05) is 51.4 Å². The van der Waals surface area contributed by atoms with Crippen LogP contribution in [0, 0.1) is 35.7 Å². The van der Waals surface area contributed by atoms with Crippen molar-refractivity contribution in [2.24, 2.45) is 0 Å². The fraction of sp³-hybridized carbons (Fsp3) is 0.0617. The maximum absolute atomic E-state index is 13.6. The first kappa shape index (κ1) is 87.1. The van der Waals surface area contributed by atoms with Crippen molar-refractivity contribution in [3.05, 3.63) is 324 Å². The molecule has 0 fully saturated rings. The van der Waals surface area contributed by atoms with Gasteiger partial charge in [-0.3, -0.25) is 0 Å². The van der Waals surface area contributed by atoms with Crippen LogP contribution in [-0.2, 0) is 49.2 Å². The van der Waals surface area contributed by atoms with Crippen LogP contribution < -0.4 is 47.1 Å². The van der Waals surface area contributed by atoms with Gasteiger partial charge in [0.1, 0.15) is 23.0 Å². The van der Waals surface area contributed by atoms with Gasteiger partial charge in [0.05, 0.1) is 64.5 Å². The lowest BCUT2D eigenvalue weighted by Gasteiger charge is -2.08. The molecule has 5 heterocycles. The van der Waals surface area contributed by atoms with Crippen LogP contribution in [0.15, 0.2) is 333 Å². The van der Waals surface area contributed by atoms with E-state index >= 15 is 0 Å². The standard InChI is InChI=1S/C17H13BrO6S.C17H11NO4S.C16H10BrFO5S.C16H11BrO5S.C15H7ClF2O4S/c1-22-12-3-5-13(6-4-12)25(20,21)15-8-10-7-11(18)9-14(23-2)16(10)24-17(15)19;1-11-5-6-15-13(7-11)9-16(17(19)22-15)23(20,21)14-4-2-3-12(8-14)10-18;1-22-13-8-10(17)6-9-7-14(16(19)23-15(9)13)24(20,21)12-4-2-11(18)3-5-12;1-21-13-9-11(17)7-10-8-14(16(18)22-15(10)13)23(19,20)12-5-3-2-4-6-12;16-9-1-3-11(4-2-9)23(20,21)13-6-8-5-10(17)7-12(18)14(8)22-15(13)19/h3-9H,1-2H3;2-9H,1H3;2-8H,1H3;2-9H,1H3;1-7H. The third-order valence-corrected chi connectivity index (χ3v) is 27.2. The minimum atomic E-state index is -4.21. The van der Waals surface area contributed by atoms with Gasteiger partial charge in [-0.15, -0.1) is 0 Å². The predicted molar refractivity (Wildman–Crippen MR) is 436 cm³/mol. The van der Waals surface area contributed by atoms with Crippen molar-refractivity contribution in [1.82, 2.24) is 0 Å². The highest BCUT2D eigenvalue weighted by Gasteiger charge is 2.30. The van der Waals surface area contributed by atoms with Crippen LogP contribution in [0.2, 0.25) is 5.02 Å². The summed E-state index contributed by atoms with van der Waals surface area (Å²) in [6.45, 7) is 1.86. The van der Waals surface area contributed by atoms with Crippen LogP contribution in [0.1, 0.15) is 11.1 Å². The molecule has 10 aromatic carbocycles. The van der Waals surface area contributed by atoms with Crippen LogP contribution in [0.25, 0.3) is 54.8 Å². The number of hydrogen-bond donors (Lipinski definition) is 0. The fourth-order valence-corrected chi connectivity index (χ4v) is 19.2. The molecule has 0 spiro atoms. The second kappa shape index (κ2) is 35.6. The lowest BCUT2D eigenvalue weighted by molar-refractivity contribution is 0.405. The van der Waals surface area contributed by atoms with E-state index in [1.165, 1.54) is 138 Å². The van der Waals surface area contributed by atoms with Crippen LogP contribution in [0.3, 0.4) is 0 Å². The van der Waals surface area contributed by atoms with Crippen molar-refractivity contribution in [1.29, 1.82) is 5.26 Å². The summed E-state index contributed by atoms with van der Waals surface area (Å²) in [5.41, 5.74) is -3.61. The number of rotatable bonds is 14. The minimum absolute atomic E-state index is 0.0260. The van der Waals surface area contributed by atoms with Crippen LogP contribution >= 0.6 is 59.4 Å². The van der Waals surface area contributed by atoms with E-state index in [0.29, 0.717) is 74.6 Å². The average Bonchev–Trinajstić information content (AvgIpc) is 0.786. The minimum Gasteiger partial charge on any atom is -0.497 e. The molecular weight excluding hydrogens is 1860 g/mol. The van der Waals surface area contributed by atoms with E-state index < -0.39 is 125 Å². The Hall–Kier alpha value is -11.8. The summed E-state index contributed by atoms with van der Waals surface area (Å²) in [6, 6.07) is 52.6. The van der Waals surface area contributed by atoms with Crippen LogP contribution in [-0.4, -0.2) is 70.5 Å². The molecule has 15 rings (SSSR count). The summed E-state index contributed by atoms with van der Waals surface area (Å²) in [4.78, 5) is 57.7. The number of halogens is 7. The molecule has 0 aliphatic rings. The third-order valence-electron chi connectivity index (χ3n) is 16.8. The van der Waals surface area contributed by atoms with E-state index in [0.717, 1.165) is 42.0 Å². The number of nitrogens with zero attached hydrogens (tertiary/aromatic N) is 1. The topological polar surface area (TPSA) is 382 Å². The van der Waals surface area contributed by atoms with Gasteiger partial charge in [-0.2, -0.15) is 5.26 Å². The lowest BCUT2D eigenvalue weighted by atomic mass is 10.2. The Kier molecular flexibility index (Phi) is 26.2. The molecule has 118 heavy (non-hydrogen) atoms. The third kappa shape index (κ3) is 18.8. The number of sulfone groups is 5. The smallest absolute Gasteiger partial charge is 0.355 e. The molecule has 0 radical (unpaired) electrons. The van der Waals surface area contributed by atoms with Gasteiger partial charge in [0.2, 0.25) is 49.2 Å². The molecule has 37 heteroatoms. The van der Waals surface area contributed by atoms with Crippen molar-refractivity contribution in [3.63, 3.8) is 0 Å². The zero-order valence-electron chi connectivity index (χ0n) is 60.8. The van der Waals surface area contributed by atoms with E-state index in [9.17, 15) is 79.2 Å². The van der Waals surface area contributed by atoms with Gasteiger partial charge in [0.25, 0.3) is 0 Å². The molecule has 0 aliphatic carbocycles. The molecule has 15 aromatic rings. The SMILES string of the molecule is COc1cc(Br)cc2cc(S(=O)(=O)c3ccc(F)cc3)c(=O)oc12.COc1cc(Br)cc2cc(S(=O)(=O)c3ccccc3)c(=O)oc12.COc1ccc(S(=O)(=O)c2cc3cc(Br)cc(OC)c3oc2=O)cc1.Cc1ccc2oc(=O)c(S(=O)(=O)c3cccc(C#N)c3)cc2c1.O=c1oc2c(F)cc(F)cc2cc1S(=O)(=O)c1ccc(Cl)cc1. The Bertz CT molecular complexity index is 7500. The molecular formula is C81H52Br3ClF3NO24S5. The zero-order chi connectivity index (χ0) is 85.7. The molecule has 5 aromatic heterocycles. The number of benzene rings is 10. The Labute approximate surface area is 696 Å². The molecule has 25 nitrogen and oxygen atoms in total. The number of fused-ring (bicyclic) bond motifs is 5. The van der Waals surface area contributed by atoms with Crippen molar-refractivity contribution in [2.45, 2.75) is 55.9 Å². The second-order valence-corrected chi connectivity index (χ2v) is 37.2. The first-order valence-electron chi connectivity index (χ1n) is 33.2. The summed E-state index contributed by atoms with van der Waals surface area (Å²) in [7, 11) is -14.6. The first-order valence-corrected chi connectivity index (χ1v) is 43.4. The van der Waals surface area contributed by atoms with Gasteiger partial charge in [0.15, 0.2) is 69.9 Å². The summed E-state index contributed by atoms with van der Waals surface area (Å²) in [5, 5.41) is 10.8. The molecule has 0 unspecified atom stereocenters. The summed E-state index contributed by atoms with van der Waals surface area (Å²) in [6.07, 6.45) is 0. The van der Waals surface area contributed by atoms with Gasteiger partial charge >= 0.3 is 28.1 Å². The van der Waals surface area contributed by atoms with Crippen LogP contribution in [0.5, 0.6) is 23.0 Å². The quantitative estimate of drug-likeness (QED) is 0.0720. The van der Waals surface area contributed by atoms with Gasteiger partial charge < -0.3 is 41.0 Å². The van der Waals surface area contributed by atoms with Crippen molar-refractivity contribution in [3.8, 4) is 29.1 Å². The Morgan fingerprint density at radius 1 is 0.347 bits per heavy atom. The zero-order valence-corrected chi connectivity index (χ0v) is 70.4. The Balaban J connectivity index is 0.000000145. The van der Waals surface area contributed by atoms with E-state index in [1.807, 2.05) is 13.0 Å². The highest BCUT2D eigenvalue weighted by Crippen LogP contribution is 2.36. The number of ether oxygens (including phenoxy) is 4. The molecule has 0 bridgehead atoms. The lowest BCUT2D eigenvalue weighted by Crippen LogP contribution is -2.14. The summed E-state index contributed by atoms with van der Waals surface area (Å²) >= 11 is 15.6. The van der Waals surface area contributed by atoms with Gasteiger partial charge in [-0.25, -0.2) is 79.2 Å². The summed E-state index contributed by atoms with van der Waals surface area (Å²) < 4.78 is 214. The maximum atomic E-state index is 13.6. The number of aryl methyl sites for hydroxylation is 1. The molecule has 0 amide bonds. The number of nitriles is 1. The molecule has 0 atom stereocenters. The van der Waals surface area contributed by atoms with E-state index in [2.05, 4.69) is 47.8 Å². The molecule has 604 valence electrons. The van der Waals surface area contributed by atoms with E-state index in [1.54, 1.807) is 72.8 Å². The molecule has 0 N–H and O–H groups in total. The monoisotopic (exact) mass is 1910 g/mol.